The first-order valence-corrected chi connectivity index (χ1v) is 7.04. The molecule has 0 aliphatic heterocycles. The van der Waals surface area contributed by atoms with Crippen LogP contribution in [0.3, 0.4) is 0 Å². The molecule has 0 atom stereocenters. The third-order valence-electron chi connectivity index (χ3n) is 3.32. The third-order valence-corrected chi connectivity index (χ3v) is 3.32. The Morgan fingerprint density at radius 2 is 2.00 bits per heavy atom. The van der Waals surface area contributed by atoms with Gasteiger partial charge in [0.25, 0.3) is 0 Å². The van der Waals surface area contributed by atoms with E-state index >= 15 is 0 Å². The number of hydrogen-bond donors (Lipinski definition) is 1. The summed E-state index contributed by atoms with van der Waals surface area (Å²) in [7, 11) is 0. The zero-order valence-electron chi connectivity index (χ0n) is 12.3. The normalized spacial score (nSPS) is 11.6. The molecule has 0 aromatic heterocycles. The lowest BCUT2D eigenvalue weighted by Gasteiger charge is -2.24. The van der Waals surface area contributed by atoms with E-state index in [2.05, 4.69) is 51.2 Å². The third kappa shape index (κ3) is 5.54. The molecular formula is C16H27NO. The number of ether oxygens (including phenoxy) is 1. The average molecular weight is 249 g/mol. The Balaban J connectivity index is 2.49. The zero-order valence-corrected chi connectivity index (χ0v) is 12.3. The van der Waals surface area contributed by atoms with Gasteiger partial charge in [-0.2, -0.15) is 0 Å². The van der Waals surface area contributed by atoms with Crippen molar-refractivity contribution in [1.29, 1.82) is 0 Å². The largest absolute Gasteiger partial charge is 0.494 e. The van der Waals surface area contributed by atoms with Gasteiger partial charge in [-0.3, -0.25) is 0 Å². The van der Waals surface area contributed by atoms with Crippen molar-refractivity contribution in [3.05, 3.63) is 29.8 Å². The second-order valence-electron chi connectivity index (χ2n) is 5.44. The quantitative estimate of drug-likeness (QED) is 0.699. The Kier molecular flexibility index (Phi) is 6.20. The number of unbranched alkanes of at least 4 members (excludes halogenated alkanes) is 1. The Labute approximate surface area is 112 Å². The fourth-order valence-corrected chi connectivity index (χ4v) is 1.55. The minimum absolute atomic E-state index is 0.194. The predicted molar refractivity (Wildman–Crippen MR) is 78.1 cm³/mol. The predicted octanol–water partition coefficient (Wildman–Crippen LogP) is 4.14. The topological polar surface area (TPSA) is 21.3 Å². The molecule has 2 heteroatoms. The maximum atomic E-state index is 5.72. The lowest BCUT2D eigenvalue weighted by atomic mass is 10.0. The lowest BCUT2D eigenvalue weighted by molar-refractivity contribution is 0.308. The molecule has 0 aliphatic carbocycles. The molecule has 0 aliphatic rings. The molecule has 1 N–H and O–H groups in total. The Hall–Kier alpha value is -1.02. The van der Waals surface area contributed by atoms with Crippen LogP contribution < -0.4 is 10.1 Å². The molecule has 102 valence electrons. The van der Waals surface area contributed by atoms with Gasteiger partial charge in [0, 0.05) is 12.1 Å². The van der Waals surface area contributed by atoms with Gasteiger partial charge in [-0.25, -0.2) is 0 Å². The number of benzene rings is 1. The standard InChI is InChI=1S/C16H27NO/c1-5-7-11-18-15-10-8-9-14(12-15)13-17-16(3,4)6-2/h8-10,12,17H,5-7,11,13H2,1-4H3. The van der Waals surface area contributed by atoms with Crippen molar-refractivity contribution in [2.24, 2.45) is 0 Å². The molecule has 0 radical (unpaired) electrons. The van der Waals surface area contributed by atoms with Crippen molar-refractivity contribution in [2.75, 3.05) is 6.61 Å². The molecule has 2 nitrogen and oxygen atoms in total. The average Bonchev–Trinajstić information content (AvgIpc) is 2.38. The van der Waals surface area contributed by atoms with E-state index in [9.17, 15) is 0 Å². The highest BCUT2D eigenvalue weighted by molar-refractivity contribution is 5.28. The van der Waals surface area contributed by atoms with Crippen LogP contribution in [0.25, 0.3) is 0 Å². The molecule has 18 heavy (non-hydrogen) atoms. The van der Waals surface area contributed by atoms with Gasteiger partial charge in [-0.15, -0.1) is 0 Å². The summed E-state index contributed by atoms with van der Waals surface area (Å²) >= 11 is 0. The van der Waals surface area contributed by atoms with Crippen LogP contribution in [-0.2, 0) is 6.54 Å². The second-order valence-corrected chi connectivity index (χ2v) is 5.44. The van der Waals surface area contributed by atoms with Crippen LogP contribution >= 0.6 is 0 Å². The Morgan fingerprint density at radius 1 is 1.22 bits per heavy atom. The summed E-state index contributed by atoms with van der Waals surface area (Å²) in [5.74, 6) is 0.983. The molecule has 1 aromatic carbocycles. The number of hydrogen-bond acceptors (Lipinski definition) is 2. The van der Waals surface area contributed by atoms with E-state index in [0.29, 0.717) is 0 Å². The van der Waals surface area contributed by atoms with Gasteiger partial charge < -0.3 is 10.1 Å². The van der Waals surface area contributed by atoms with Gasteiger partial charge in [-0.1, -0.05) is 32.4 Å². The fraction of sp³-hybridized carbons (Fsp3) is 0.625. The van der Waals surface area contributed by atoms with Crippen LogP contribution in [0.1, 0.15) is 52.5 Å². The first-order chi connectivity index (χ1) is 8.57. The van der Waals surface area contributed by atoms with Crippen LogP contribution in [0.5, 0.6) is 5.75 Å². The van der Waals surface area contributed by atoms with Gasteiger partial charge >= 0.3 is 0 Å². The van der Waals surface area contributed by atoms with Crippen LogP contribution in [0.15, 0.2) is 24.3 Å². The second kappa shape index (κ2) is 7.42. The molecule has 0 fully saturated rings. The van der Waals surface area contributed by atoms with Gasteiger partial charge in [-0.05, 0) is 44.4 Å². The summed E-state index contributed by atoms with van der Waals surface area (Å²) in [6.07, 6.45) is 3.41. The van der Waals surface area contributed by atoms with Crippen LogP contribution in [0.4, 0.5) is 0 Å². The van der Waals surface area contributed by atoms with E-state index in [0.717, 1.165) is 31.7 Å². The summed E-state index contributed by atoms with van der Waals surface area (Å²) in [5, 5.41) is 3.56. The SMILES string of the molecule is CCCCOc1cccc(CNC(C)(C)CC)c1. The molecular weight excluding hydrogens is 222 g/mol. The molecule has 1 rings (SSSR count). The summed E-state index contributed by atoms with van der Waals surface area (Å²) in [5.41, 5.74) is 1.48. The van der Waals surface area contributed by atoms with Crippen molar-refractivity contribution in [3.63, 3.8) is 0 Å². The molecule has 0 saturated carbocycles. The molecule has 0 amide bonds. The fourth-order valence-electron chi connectivity index (χ4n) is 1.55. The first kappa shape index (κ1) is 15.0. The minimum atomic E-state index is 0.194. The smallest absolute Gasteiger partial charge is 0.119 e. The van der Waals surface area contributed by atoms with E-state index in [1.165, 1.54) is 12.0 Å². The summed E-state index contributed by atoms with van der Waals surface area (Å²) < 4.78 is 5.72. The van der Waals surface area contributed by atoms with Gasteiger partial charge in [0.2, 0.25) is 0 Å². The number of rotatable bonds is 8. The number of nitrogens with one attached hydrogen (secondary N) is 1. The maximum absolute atomic E-state index is 5.72. The highest BCUT2D eigenvalue weighted by atomic mass is 16.5. The molecule has 0 heterocycles. The van der Waals surface area contributed by atoms with E-state index in [4.69, 9.17) is 4.74 Å². The lowest BCUT2D eigenvalue weighted by Crippen LogP contribution is -2.37. The summed E-state index contributed by atoms with van der Waals surface area (Å²) in [4.78, 5) is 0. The van der Waals surface area contributed by atoms with E-state index < -0.39 is 0 Å². The minimum Gasteiger partial charge on any atom is -0.494 e. The van der Waals surface area contributed by atoms with Gasteiger partial charge in [0.15, 0.2) is 0 Å². The Morgan fingerprint density at radius 3 is 2.67 bits per heavy atom. The first-order valence-electron chi connectivity index (χ1n) is 7.04. The van der Waals surface area contributed by atoms with Crippen molar-refractivity contribution >= 4 is 0 Å². The monoisotopic (exact) mass is 249 g/mol. The van der Waals surface area contributed by atoms with Crippen molar-refractivity contribution in [1.82, 2.24) is 5.32 Å². The van der Waals surface area contributed by atoms with E-state index in [1.807, 2.05) is 6.07 Å². The van der Waals surface area contributed by atoms with Crippen molar-refractivity contribution < 1.29 is 4.74 Å². The van der Waals surface area contributed by atoms with Crippen molar-refractivity contribution in [2.45, 2.75) is 59.0 Å². The maximum Gasteiger partial charge on any atom is 0.119 e. The van der Waals surface area contributed by atoms with Crippen LogP contribution in [-0.4, -0.2) is 12.1 Å². The van der Waals surface area contributed by atoms with Gasteiger partial charge in [0.1, 0.15) is 5.75 Å². The molecule has 1 aromatic rings. The molecule has 0 saturated heterocycles. The van der Waals surface area contributed by atoms with Crippen molar-refractivity contribution in [3.8, 4) is 5.75 Å². The molecule has 0 spiro atoms. The summed E-state index contributed by atoms with van der Waals surface area (Å²) in [6, 6.07) is 8.38. The molecule has 0 bridgehead atoms. The van der Waals surface area contributed by atoms with Gasteiger partial charge in [0.05, 0.1) is 6.61 Å². The summed E-state index contributed by atoms with van der Waals surface area (Å²) in [6.45, 7) is 10.6. The van der Waals surface area contributed by atoms with Crippen LogP contribution in [0, 0.1) is 0 Å². The van der Waals surface area contributed by atoms with Crippen LogP contribution in [0.2, 0.25) is 0 Å². The Bertz CT molecular complexity index is 347. The zero-order chi connectivity index (χ0) is 13.4. The van der Waals surface area contributed by atoms with E-state index in [1.54, 1.807) is 0 Å². The highest BCUT2D eigenvalue weighted by Crippen LogP contribution is 2.15. The highest BCUT2D eigenvalue weighted by Gasteiger charge is 2.13. The van der Waals surface area contributed by atoms with E-state index in [-0.39, 0.29) is 5.54 Å². The molecule has 0 unspecified atom stereocenters.